The number of hydrogen-bond acceptors (Lipinski definition) is 5. The highest BCUT2D eigenvalue weighted by Crippen LogP contribution is 2.28. The van der Waals surface area contributed by atoms with E-state index in [1.54, 1.807) is 30.9 Å². The molecule has 2 N–H and O–H groups in total. The molecule has 0 aliphatic rings. The summed E-state index contributed by atoms with van der Waals surface area (Å²) < 4.78 is -0.120. The van der Waals surface area contributed by atoms with Crippen molar-refractivity contribution >= 4 is 29.0 Å². The van der Waals surface area contributed by atoms with Gasteiger partial charge in [-0.15, -0.1) is 0 Å². The molecule has 0 saturated heterocycles. The molecule has 0 bridgehead atoms. The van der Waals surface area contributed by atoms with Crippen LogP contribution in [0.3, 0.4) is 0 Å². The van der Waals surface area contributed by atoms with Crippen LogP contribution < -0.4 is 10.6 Å². The van der Waals surface area contributed by atoms with Crippen LogP contribution in [0.1, 0.15) is 24.2 Å². The molecule has 1 aromatic rings. The van der Waals surface area contributed by atoms with E-state index in [-0.39, 0.29) is 16.0 Å². The number of anilines is 1. The largest absolute Gasteiger partial charge is 0.383 e. The van der Waals surface area contributed by atoms with Crippen molar-refractivity contribution in [2.24, 2.45) is 0 Å². The Morgan fingerprint density at radius 3 is 2.60 bits per heavy atom. The van der Waals surface area contributed by atoms with Gasteiger partial charge in [-0.2, -0.15) is 11.8 Å². The lowest BCUT2D eigenvalue weighted by atomic mass is 10.1. The number of benzene rings is 1. The van der Waals surface area contributed by atoms with E-state index < -0.39 is 10.8 Å². The van der Waals surface area contributed by atoms with Gasteiger partial charge in [0.25, 0.3) is 5.91 Å². The van der Waals surface area contributed by atoms with E-state index in [1.165, 1.54) is 6.07 Å². The standard InChI is InChI=1S/C13H19N3O3S/c1-13(2,20-4)8-15-12(17)9-6-5-7-10(14-3)11(9)16(18)19/h5-7,14H,8H2,1-4H3,(H,15,17). The third-order valence-corrected chi connectivity index (χ3v) is 4.21. The first kappa shape index (κ1) is 16.3. The highest BCUT2D eigenvalue weighted by atomic mass is 32.2. The molecular weight excluding hydrogens is 278 g/mol. The summed E-state index contributed by atoms with van der Waals surface area (Å²) in [5.74, 6) is -0.434. The molecule has 7 heteroatoms. The maximum atomic E-state index is 12.1. The zero-order valence-electron chi connectivity index (χ0n) is 12.0. The zero-order chi connectivity index (χ0) is 15.3. The Labute approximate surface area is 122 Å². The van der Waals surface area contributed by atoms with Crippen LogP contribution in [0.2, 0.25) is 0 Å². The van der Waals surface area contributed by atoms with Crippen molar-refractivity contribution in [3.8, 4) is 0 Å². The summed E-state index contributed by atoms with van der Waals surface area (Å²) in [7, 11) is 1.58. The first-order valence-corrected chi connectivity index (χ1v) is 7.33. The fourth-order valence-electron chi connectivity index (χ4n) is 1.59. The Balaban J connectivity index is 3.02. The van der Waals surface area contributed by atoms with E-state index in [4.69, 9.17) is 0 Å². The lowest BCUT2D eigenvalue weighted by molar-refractivity contribution is -0.384. The molecule has 0 saturated carbocycles. The molecular formula is C13H19N3O3S. The SMILES string of the molecule is CNc1cccc(C(=O)NCC(C)(C)SC)c1[N+](=O)[O-]. The van der Waals surface area contributed by atoms with Crippen molar-refractivity contribution in [1.29, 1.82) is 0 Å². The van der Waals surface area contributed by atoms with Gasteiger partial charge in [0, 0.05) is 18.3 Å². The van der Waals surface area contributed by atoms with Crippen molar-refractivity contribution in [3.63, 3.8) is 0 Å². The van der Waals surface area contributed by atoms with Gasteiger partial charge in [0.05, 0.1) is 4.92 Å². The van der Waals surface area contributed by atoms with Crippen LogP contribution in [-0.2, 0) is 0 Å². The van der Waals surface area contributed by atoms with Crippen LogP contribution in [0, 0.1) is 10.1 Å². The Hall–Kier alpha value is -1.76. The predicted molar refractivity (Wildman–Crippen MR) is 82.6 cm³/mol. The number of rotatable bonds is 6. The van der Waals surface area contributed by atoms with Crippen LogP contribution in [0.25, 0.3) is 0 Å². The van der Waals surface area contributed by atoms with Gasteiger partial charge in [-0.3, -0.25) is 14.9 Å². The number of carbonyl (C=O) groups is 1. The summed E-state index contributed by atoms with van der Waals surface area (Å²) in [4.78, 5) is 22.8. The van der Waals surface area contributed by atoms with E-state index in [0.29, 0.717) is 12.2 Å². The number of nitrogens with one attached hydrogen (secondary N) is 2. The molecule has 0 heterocycles. The topological polar surface area (TPSA) is 84.3 Å². The number of thioether (sulfide) groups is 1. The fourth-order valence-corrected chi connectivity index (χ4v) is 1.80. The molecule has 1 rings (SSSR count). The molecule has 0 fully saturated rings. The van der Waals surface area contributed by atoms with Crippen LogP contribution in [0.15, 0.2) is 18.2 Å². The van der Waals surface area contributed by atoms with Crippen molar-refractivity contribution in [2.45, 2.75) is 18.6 Å². The number of hydrogen-bond donors (Lipinski definition) is 2. The molecule has 0 aliphatic heterocycles. The summed E-state index contributed by atoms with van der Waals surface area (Å²) >= 11 is 1.62. The summed E-state index contributed by atoms with van der Waals surface area (Å²) in [5, 5.41) is 16.6. The Morgan fingerprint density at radius 1 is 1.45 bits per heavy atom. The Kier molecular flexibility index (Phi) is 5.38. The van der Waals surface area contributed by atoms with Gasteiger partial charge in [-0.1, -0.05) is 6.07 Å². The quantitative estimate of drug-likeness (QED) is 0.622. The first-order valence-electron chi connectivity index (χ1n) is 6.11. The molecule has 0 unspecified atom stereocenters. The second-order valence-corrected chi connectivity index (χ2v) is 6.37. The lowest BCUT2D eigenvalue weighted by Crippen LogP contribution is -2.36. The van der Waals surface area contributed by atoms with Crippen LogP contribution in [0.5, 0.6) is 0 Å². The van der Waals surface area contributed by atoms with Gasteiger partial charge >= 0.3 is 5.69 Å². The Morgan fingerprint density at radius 2 is 2.10 bits per heavy atom. The molecule has 0 atom stereocenters. The van der Waals surface area contributed by atoms with Crippen molar-refractivity contribution in [1.82, 2.24) is 5.32 Å². The first-order chi connectivity index (χ1) is 9.32. The van der Waals surface area contributed by atoms with Gasteiger partial charge in [-0.05, 0) is 32.2 Å². The monoisotopic (exact) mass is 297 g/mol. The minimum atomic E-state index is -0.541. The maximum Gasteiger partial charge on any atom is 0.305 e. The van der Waals surface area contributed by atoms with Gasteiger partial charge in [-0.25, -0.2) is 0 Å². The number of nitro groups is 1. The number of nitrogens with zero attached hydrogens (tertiary/aromatic N) is 1. The number of nitro benzene ring substituents is 1. The zero-order valence-corrected chi connectivity index (χ0v) is 12.8. The van der Waals surface area contributed by atoms with Crippen LogP contribution in [-0.4, -0.2) is 35.4 Å². The molecule has 110 valence electrons. The van der Waals surface area contributed by atoms with E-state index in [0.717, 1.165) is 0 Å². The van der Waals surface area contributed by atoms with E-state index in [2.05, 4.69) is 10.6 Å². The van der Waals surface area contributed by atoms with Gasteiger partial charge in [0.1, 0.15) is 11.3 Å². The second kappa shape index (κ2) is 6.60. The highest BCUT2D eigenvalue weighted by Gasteiger charge is 2.25. The van der Waals surface area contributed by atoms with E-state index in [1.807, 2.05) is 20.1 Å². The average molecular weight is 297 g/mol. The van der Waals surface area contributed by atoms with Crippen molar-refractivity contribution in [2.75, 3.05) is 25.2 Å². The smallest absolute Gasteiger partial charge is 0.305 e. The molecule has 20 heavy (non-hydrogen) atoms. The number of para-hydroxylation sites is 1. The third-order valence-electron chi connectivity index (χ3n) is 2.96. The average Bonchev–Trinajstić information content (AvgIpc) is 2.43. The molecule has 0 aromatic heterocycles. The van der Waals surface area contributed by atoms with E-state index >= 15 is 0 Å². The summed E-state index contributed by atoms with van der Waals surface area (Å²) in [5.41, 5.74) is 0.194. The molecule has 1 aromatic carbocycles. The third kappa shape index (κ3) is 3.86. The van der Waals surface area contributed by atoms with Crippen molar-refractivity contribution < 1.29 is 9.72 Å². The minimum Gasteiger partial charge on any atom is -0.383 e. The molecule has 0 spiro atoms. The molecule has 0 aliphatic carbocycles. The van der Waals surface area contributed by atoms with Crippen molar-refractivity contribution in [3.05, 3.63) is 33.9 Å². The predicted octanol–water partition coefficient (Wildman–Crippen LogP) is 2.51. The minimum absolute atomic E-state index is 0.0683. The summed E-state index contributed by atoms with van der Waals surface area (Å²) in [6.45, 7) is 4.43. The van der Waals surface area contributed by atoms with Crippen LogP contribution >= 0.6 is 11.8 Å². The van der Waals surface area contributed by atoms with Gasteiger partial charge in [0.2, 0.25) is 0 Å². The lowest BCUT2D eigenvalue weighted by Gasteiger charge is -2.22. The summed E-state index contributed by atoms with van der Waals surface area (Å²) in [6.07, 6.45) is 1.95. The normalized spacial score (nSPS) is 11.0. The molecule has 6 nitrogen and oxygen atoms in total. The highest BCUT2D eigenvalue weighted by molar-refractivity contribution is 7.99. The molecule has 0 radical (unpaired) electrons. The molecule has 1 amide bonds. The van der Waals surface area contributed by atoms with Gasteiger partial charge < -0.3 is 10.6 Å². The van der Waals surface area contributed by atoms with E-state index in [9.17, 15) is 14.9 Å². The fraction of sp³-hybridized carbons (Fsp3) is 0.462. The van der Waals surface area contributed by atoms with Crippen LogP contribution in [0.4, 0.5) is 11.4 Å². The van der Waals surface area contributed by atoms with Gasteiger partial charge in [0.15, 0.2) is 0 Å². The second-order valence-electron chi connectivity index (χ2n) is 4.86. The summed E-state index contributed by atoms with van der Waals surface area (Å²) in [6, 6.07) is 4.65. The Bertz CT molecular complexity index is 518. The maximum absolute atomic E-state index is 12.1. The number of amides is 1. The number of carbonyl (C=O) groups excluding carboxylic acids is 1.